The number of rotatable bonds is 10. The zero-order valence-corrected chi connectivity index (χ0v) is 17.4. The number of guanidine groups is 1. The summed E-state index contributed by atoms with van der Waals surface area (Å²) in [4.78, 5) is 7.19. The van der Waals surface area contributed by atoms with E-state index < -0.39 is 0 Å². The van der Waals surface area contributed by atoms with Crippen molar-refractivity contribution in [3.8, 4) is 0 Å². The van der Waals surface area contributed by atoms with Gasteiger partial charge in [-0.05, 0) is 36.7 Å². The van der Waals surface area contributed by atoms with Crippen LogP contribution in [0.1, 0.15) is 43.5 Å². The van der Waals surface area contributed by atoms with Gasteiger partial charge in [-0.25, -0.2) is 4.99 Å². The van der Waals surface area contributed by atoms with Gasteiger partial charge in [-0.15, -0.1) is 0 Å². The third-order valence-corrected chi connectivity index (χ3v) is 4.94. The van der Waals surface area contributed by atoms with Gasteiger partial charge >= 0.3 is 0 Å². The second-order valence-corrected chi connectivity index (χ2v) is 6.65. The summed E-state index contributed by atoms with van der Waals surface area (Å²) in [6.45, 7) is 10.6. The maximum absolute atomic E-state index is 9.52. The number of aliphatic hydroxyl groups is 1. The molecule has 2 aromatic carbocycles. The Balaban J connectivity index is 2.12. The third-order valence-electron chi connectivity index (χ3n) is 4.94. The molecule has 0 saturated carbocycles. The molecule has 28 heavy (non-hydrogen) atoms. The van der Waals surface area contributed by atoms with Crippen molar-refractivity contribution in [1.82, 2.24) is 15.5 Å². The number of likely N-dealkylation sites (N-methyl/N-ethyl adjacent to an activating group) is 1. The Labute approximate surface area is 169 Å². The highest BCUT2D eigenvalue weighted by Crippen LogP contribution is 2.19. The van der Waals surface area contributed by atoms with E-state index in [4.69, 9.17) is 4.99 Å². The lowest BCUT2D eigenvalue weighted by atomic mass is 10.1. The normalized spacial score (nSPS) is 12.8. The van der Waals surface area contributed by atoms with Crippen LogP contribution in [-0.4, -0.2) is 42.1 Å². The van der Waals surface area contributed by atoms with Crippen LogP contribution in [0.4, 0.5) is 0 Å². The number of nitrogens with zero attached hydrogens (tertiary/aromatic N) is 2. The molecule has 0 aliphatic heterocycles. The molecule has 5 nitrogen and oxygen atoms in total. The second-order valence-electron chi connectivity index (χ2n) is 6.65. The summed E-state index contributed by atoms with van der Waals surface area (Å²) >= 11 is 0. The van der Waals surface area contributed by atoms with Gasteiger partial charge in [0.1, 0.15) is 0 Å². The SMILES string of the molecule is CCNC(=NCc1ccccc1CO)NCC(c1ccccc1)N(CC)CC. The molecule has 1 atom stereocenters. The number of hydrogen-bond acceptors (Lipinski definition) is 3. The van der Waals surface area contributed by atoms with Crippen molar-refractivity contribution in [3.63, 3.8) is 0 Å². The van der Waals surface area contributed by atoms with Crippen LogP contribution in [0.25, 0.3) is 0 Å². The van der Waals surface area contributed by atoms with Crippen molar-refractivity contribution in [2.75, 3.05) is 26.2 Å². The summed E-state index contributed by atoms with van der Waals surface area (Å²) in [5, 5.41) is 16.4. The zero-order chi connectivity index (χ0) is 20.2. The second kappa shape index (κ2) is 12.2. The first-order valence-corrected chi connectivity index (χ1v) is 10.2. The molecule has 0 fully saturated rings. The lowest BCUT2D eigenvalue weighted by Crippen LogP contribution is -2.43. The van der Waals surface area contributed by atoms with E-state index >= 15 is 0 Å². The first-order valence-electron chi connectivity index (χ1n) is 10.2. The Bertz CT molecular complexity index is 714. The highest BCUT2D eigenvalue weighted by atomic mass is 16.3. The minimum absolute atomic E-state index is 0.0354. The molecule has 0 aromatic heterocycles. The van der Waals surface area contributed by atoms with Crippen molar-refractivity contribution in [2.45, 2.75) is 40.0 Å². The maximum Gasteiger partial charge on any atom is 0.191 e. The van der Waals surface area contributed by atoms with Crippen LogP contribution in [0.15, 0.2) is 59.6 Å². The molecule has 2 aromatic rings. The van der Waals surface area contributed by atoms with E-state index in [1.807, 2.05) is 24.3 Å². The van der Waals surface area contributed by atoms with E-state index in [1.165, 1.54) is 5.56 Å². The van der Waals surface area contributed by atoms with Crippen LogP contribution in [0.3, 0.4) is 0 Å². The van der Waals surface area contributed by atoms with Crippen LogP contribution in [0, 0.1) is 0 Å². The molecular formula is C23H34N4O. The Morgan fingerprint density at radius 3 is 2.18 bits per heavy atom. The summed E-state index contributed by atoms with van der Waals surface area (Å²) in [6, 6.07) is 18.8. The minimum atomic E-state index is 0.0354. The molecule has 0 saturated heterocycles. The Morgan fingerprint density at radius 1 is 0.929 bits per heavy atom. The van der Waals surface area contributed by atoms with E-state index in [-0.39, 0.29) is 12.6 Å². The van der Waals surface area contributed by atoms with Crippen molar-refractivity contribution in [3.05, 3.63) is 71.3 Å². The van der Waals surface area contributed by atoms with Crippen LogP contribution < -0.4 is 10.6 Å². The molecule has 0 radical (unpaired) electrons. The van der Waals surface area contributed by atoms with E-state index in [0.29, 0.717) is 6.54 Å². The predicted molar refractivity (Wildman–Crippen MR) is 117 cm³/mol. The summed E-state index contributed by atoms with van der Waals surface area (Å²) in [6.07, 6.45) is 0. The predicted octanol–water partition coefficient (Wildman–Crippen LogP) is 3.32. The monoisotopic (exact) mass is 382 g/mol. The van der Waals surface area contributed by atoms with E-state index in [0.717, 1.165) is 43.3 Å². The van der Waals surface area contributed by atoms with Gasteiger partial charge in [-0.2, -0.15) is 0 Å². The fourth-order valence-electron chi connectivity index (χ4n) is 3.36. The van der Waals surface area contributed by atoms with Gasteiger partial charge in [0.15, 0.2) is 5.96 Å². The van der Waals surface area contributed by atoms with E-state index in [9.17, 15) is 5.11 Å². The molecule has 0 heterocycles. The Hall–Kier alpha value is -2.37. The van der Waals surface area contributed by atoms with Crippen LogP contribution in [0.2, 0.25) is 0 Å². The molecule has 0 bridgehead atoms. The van der Waals surface area contributed by atoms with Gasteiger partial charge in [0.2, 0.25) is 0 Å². The van der Waals surface area contributed by atoms with Crippen molar-refractivity contribution >= 4 is 5.96 Å². The Kier molecular flexibility index (Phi) is 9.52. The average molecular weight is 383 g/mol. The molecule has 0 aliphatic rings. The largest absolute Gasteiger partial charge is 0.392 e. The molecule has 2 rings (SSSR count). The standard InChI is InChI=1S/C23H34N4O/c1-4-24-23(25-16-20-14-10-11-15-21(20)18-28)26-17-22(27(5-2)6-3)19-12-8-7-9-13-19/h7-15,22,28H,4-6,16-18H2,1-3H3,(H2,24,25,26). The third kappa shape index (κ3) is 6.36. The highest BCUT2D eigenvalue weighted by Gasteiger charge is 2.18. The molecular weight excluding hydrogens is 348 g/mol. The fraction of sp³-hybridized carbons (Fsp3) is 0.435. The average Bonchev–Trinajstić information content (AvgIpc) is 2.75. The highest BCUT2D eigenvalue weighted by molar-refractivity contribution is 5.79. The fourth-order valence-corrected chi connectivity index (χ4v) is 3.36. The summed E-state index contributed by atoms with van der Waals surface area (Å²) in [7, 11) is 0. The van der Waals surface area contributed by atoms with E-state index in [1.54, 1.807) is 0 Å². The molecule has 1 unspecified atom stereocenters. The smallest absolute Gasteiger partial charge is 0.191 e. The first-order chi connectivity index (χ1) is 13.7. The minimum Gasteiger partial charge on any atom is -0.392 e. The topological polar surface area (TPSA) is 59.9 Å². The Morgan fingerprint density at radius 2 is 1.57 bits per heavy atom. The van der Waals surface area contributed by atoms with Crippen molar-refractivity contribution in [2.24, 2.45) is 4.99 Å². The van der Waals surface area contributed by atoms with Gasteiger partial charge in [0.25, 0.3) is 0 Å². The van der Waals surface area contributed by atoms with Gasteiger partial charge in [-0.1, -0.05) is 68.4 Å². The number of nitrogens with one attached hydrogen (secondary N) is 2. The van der Waals surface area contributed by atoms with Crippen LogP contribution >= 0.6 is 0 Å². The molecule has 0 aliphatic carbocycles. The van der Waals surface area contributed by atoms with Crippen molar-refractivity contribution < 1.29 is 5.11 Å². The lowest BCUT2D eigenvalue weighted by Gasteiger charge is -2.30. The van der Waals surface area contributed by atoms with Crippen molar-refractivity contribution in [1.29, 1.82) is 0 Å². The zero-order valence-electron chi connectivity index (χ0n) is 17.4. The van der Waals surface area contributed by atoms with E-state index in [2.05, 4.69) is 66.6 Å². The van der Waals surface area contributed by atoms with Gasteiger partial charge in [0.05, 0.1) is 19.2 Å². The molecule has 0 spiro atoms. The summed E-state index contributed by atoms with van der Waals surface area (Å²) < 4.78 is 0. The molecule has 3 N–H and O–H groups in total. The maximum atomic E-state index is 9.52. The molecule has 152 valence electrons. The number of benzene rings is 2. The van der Waals surface area contributed by atoms with Crippen LogP contribution in [-0.2, 0) is 13.2 Å². The number of aliphatic imine (C=N–C) groups is 1. The first kappa shape index (κ1) is 21.9. The van der Waals surface area contributed by atoms with Gasteiger partial charge in [-0.3, -0.25) is 4.90 Å². The summed E-state index contributed by atoms with van der Waals surface area (Å²) in [5.41, 5.74) is 3.28. The summed E-state index contributed by atoms with van der Waals surface area (Å²) in [5.74, 6) is 0.795. The lowest BCUT2D eigenvalue weighted by molar-refractivity contribution is 0.219. The number of hydrogen-bond donors (Lipinski definition) is 3. The molecule has 5 heteroatoms. The number of aliphatic hydroxyl groups excluding tert-OH is 1. The van der Waals surface area contributed by atoms with Crippen LogP contribution in [0.5, 0.6) is 0 Å². The van der Waals surface area contributed by atoms with Gasteiger partial charge in [0, 0.05) is 13.1 Å². The molecule has 0 amide bonds. The quantitative estimate of drug-likeness (QED) is 0.436. The van der Waals surface area contributed by atoms with Gasteiger partial charge < -0.3 is 15.7 Å².